The molecule has 1 heterocycles. The standard InChI is InChI=1S/C13H13ClN2OS2/c1-17-11-5-2-8(6-10(11)14)7-18-13-15-12(16-19-13)9-3-4-9/h2,5-6,9H,3-4,7H2,1H3. The maximum Gasteiger partial charge on any atom is 0.170 e. The van der Waals surface area contributed by atoms with E-state index in [9.17, 15) is 0 Å². The summed E-state index contributed by atoms with van der Waals surface area (Å²) in [6.45, 7) is 0. The number of ether oxygens (including phenoxy) is 1. The van der Waals surface area contributed by atoms with Crippen molar-refractivity contribution in [3.63, 3.8) is 0 Å². The van der Waals surface area contributed by atoms with Crippen LogP contribution in [0.4, 0.5) is 0 Å². The summed E-state index contributed by atoms with van der Waals surface area (Å²) in [6.07, 6.45) is 2.49. The summed E-state index contributed by atoms with van der Waals surface area (Å²) in [5, 5.41) is 0.650. The van der Waals surface area contributed by atoms with Gasteiger partial charge in [0, 0.05) is 11.7 Å². The molecule has 100 valence electrons. The zero-order valence-corrected chi connectivity index (χ0v) is 12.8. The van der Waals surface area contributed by atoms with Crippen molar-refractivity contribution in [3.05, 3.63) is 34.6 Å². The normalized spacial score (nSPS) is 14.6. The zero-order chi connectivity index (χ0) is 13.2. The molecule has 1 aromatic heterocycles. The highest BCUT2D eigenvalue weighted by molar-refractivity contribution is 8.00. The second kappa shape index (κ2) is 5.69. The molecule has 1 aliphatic carbocycles. The van der Waals surface area contributed by atoms with Gasteiger partial charge in [-0.05, 0) is 42.1 Å². The number of methoxy groups -OCH3 is 1. The van der Waals surface area contributed by atoms with E-state index in [1.54, 1.807) is 18.9 Å². The smallest absolute Gasteiger partial charge is 0.170 e. The number of hydrogen-bond donors (Lipinski definition) is 0. The highest BCUT2D eigenvalue weighted by Crippen LogP contribution is 2.40. The molecule has 0 unspecified atom stereocenters. The first-order chi connectivity index (χ1) is 9.26. The van der Waals surface area contributed by atoms with E-state index in [4.69, 9.17) is 16.3 Å². The van der Waals surface area contributed by atoms with Gasteiger partial charge < -0.3 is 4.74 Å². The van der Waals surface area contributed by atoms with Gasteiger partial charge in [-0.25, -0.2) is 4.98 Å². The van der Waals surface area contributed by atoms with Gasteiger partial charge in [0.15, 0.2) is 4.34 Å². The van der Waals surface area contributed by atoms with Crippen molar-refractivity contribution in [1.82, 2.24) is 9.36 Å². The lowest BCUT2D eigenvalue weighted by Crippen LogP contribution is -1.86. The van der Waals surface area contributed by atoms with Crippen LogP contribution < -0.4 is 4.74 Å². The Labute approximate surface area is 125 Å². The van der Waals surface area contributed by atoms with Crippen LogP contribution in [-0.2, 0) is 5.75 Å². The van der Waals surface area contributed by atoms with E-state index in [0.717, 1.165) is 15.9 Å². The Hall–Kier alpha value is -0.780. The second-order valence-electron chi connectivity index (χ2n) is 4.45. The average Bonchev–Trinajstić information content (AvgIpc) is 3.16. The lowest BCUT2D eigenvalue weighted by atomic mass is 10.2. The molecule has 1 fully saturated rings. The van der Waals surface area contributed by atoms with Crippen LogP contribution >= 0.6 is 34.9 Å². The molecule has 0 spiro atoms. The molecular weight excluding hydrogens is 300 g/mol. The molecule has 1 aliphatic rings. The largest absolute Gasteiger partial charge is 0.495 e. The van der Waals surface area contributed by atoms with Crippen LogP contribution in [0, 0.1) is 0 Å². The lowest BCUT2D eigenvalue weighted by Gasteiger charge is -2.04. The summed E-state index contributed by atoms with van der Waals surface area (Å²) in [5.41, 5.74) is 1.17. The highest BCUT2D eigenvalue weighted by atomic mass is 35.5. The fourth-order valence-electron chi connectivity index (χ4n) is 1.73. The van der Waals surface area contributed by atoms with Crippen molar-refractivity contribution < 1.29 is 4.74 Å². The van der Waals surface area contributed by atoms with Crippen molar-refractivity contribution in [2.24, 2.45) is 0 Å². The van der Waals surface area contributed by atoms with Gasteiger partial charge in [0.2, 0.25) is 0 Å². The van der Waals surface area contributed by atoms with Crippen LogP contribution in [0.1, 0.15) is 30.1 Å². The Balaban J connectivity index is 1.62. The molecule has 6 heteroatoms. The van der Waals surface area contributed by atoms with E-state index in [1.165, 1.54) is 29.9 Å². The Morgan fingerprint density at radius 2 is 2.32 bits per heavy atom. The summed E-state index contributed by atoms with van der Waals surface area (Å²) in [4.78, 5) is 4.56. The molecule has 19 heavy (non-hydrogen) atoms. The Morgan fingerprint density at radius 3 is 3.00 bits per heavy atom. The number of thioether (sulfide) groups is 1. The van der Waals surface area contributed by atoms with Gasteiger partial charge >= 0.3 is 0 Å². The lowest BCUT2D eigenvalue weighted by molar-refractivity contribution is 0.415. The van der Waals surface area contributed by atoms with Crippen LogP contribution in [0.15, 0.2) is 22.5 Å². The number of aromatic nitrogens is 2. The molecule has 3 rings (SSSR count). The number of hydrogen-bond acceptors (Lipinski definition) is 5. The van der Waals surface area contributed by atoms with Gasteiger partial charge in [-0.2, -0.15) is 4.37 Å². The Bertz CT molecular complexity index is 584. The number of benzene rings is 1. The van der Waals surface area contributed by atoms with Crippen LogP contribution in [-0.4, -0.2) is 16.5 Å². The third-order valence-corrected chi connectivity index (χ3v) is 5.16. The number of halogens is 1. The minimum Gasteiger partial charge on any atom is -0.495 e. The number of nitrogens with zero attached hydrogens (tertiary/aromatic N) is 2. The van der Waals surface area contributed by atoms with Gasteiger partial charge in [0.1, 0.15) is 11.6 Å². The molecule has 3 nitrogen and oxygen atoms in total. The third kappa shape index (κ3) is 3.22. The van der Waals surface area contributed by atoms with Crippen LogP contribution in [0.25, 0.3) is 0 Å². The quantitative estimate of drug-likeness (QED) is 0.768. The first-order valence-electron chi connectivity index (χ1n) is 6.05. The zero-order valence-electron chi connectivity index (χ0n) is 10.4. The summed E-state index contributed by atoms with van der Waals surface area (Å²) < 4.78 is 10.6. The SMILES string of the molecule is COc1ccc(CSc2nc(C3CC3)ns2)cc1Cl. The van der Waals surface area contributed by atoms with Crippen molar-refractivity contribution in [1.29, 1.82) is 0 Å². The van der Waals surface area contributed by atoms with Gasteiger partial charge in [0.05, 0.1) is 12.1 Å². The first kappa shape index (κ1) is 13.2. The molecule has 1 aromatic carbocycles. The average molecular weight is 313 g/mol. The minimum absolute atomic E-state index is 0.626. The second-order valence-corrected chi connectivity index (χ2v) is 6.83. The van der Waals surface area contributed by atoms with E-state index in [0.29, 0.717) is 16.7 Å². The fourth-order valence-corrected chi connectivity index (χ4v) is 3.63. The maximum absolute atomic E-state index is 6.11. The van der Waals surface area contributed by atoms with E-state index >= 15 is 0 Å². The number of rotatable bonds is 5. The maximum atomic E-state index is 6.11. The van der Waals surface area contributed by atoms with Gasteiger partial charge in [0.25, 0.3) is 0 Å². The van der Waals surface area contributed by atoms with Crippen LogP contribution in [0.5, 0.6) is 5.75 Å². The van der Waals surface area contributed by atoms with E-state index in [-0.39, 0.29) is 0 Å². The van der Waals surface area contributed by atoms with Gasteiger partial charge in [-0.15, -0.1) is 0 Å². The Kier molecular flexibility index (Phi) is 3.96. The van der Waals surface area contributed by atoms with Crippen LogP contribution in [0.2, 0.25) is 5.02 Å². The molecular formula is C13H13ClN2OS2. The van der Waals surface area contributed by atoms with Crippen molar-refractivity contribution in [2.45, 2.75) is 28.9 Å². The predicted molar refractivity (Wildman–Crippen MR) is 79.4 cm³/mol. The van der Waals surface area contributed by atoms with E-state index in [2.05, 4.69) is 9.36 Å². The third-order valence-electron chi connectivity index (χ3n) is 2.94. The molecule has 0 radical (unpaired) electrons. The molecule has 1 saturated carbocycles. The molecule has 0 saturated heterocycles. The molecule has 0 amide bonds. The minimum atomic E-state index is 0.626. The molecule has 0 atom stereocenters. The molecule has 0 bridgehead atoms. The monoisotopic (exact) mass is 312 g/mol. The van der Waals surface area contributed by atoms with Crippen molar-refractivity contribution in [3.8, 4) is 5.75 Å². The molecule has 0 N–H and O–H groups in total. The summed E-state index contributed by atoms with van der Waals surface area (Å²) in [5.74, 6) is 3.21. The fraction of sp³-hybridized carbons (Fsp3) is 0.385. The Morgan fingerprint density at radius 1 is 1.47 bits per heavy atom. The van der Waals surface area contributed by atoms with Crippen molar-refractivity contribution >= 4 is 34.9 Å². The predicted octanol–water partition coefficient (Wildman–Crippen LogP) is 4.37. The topological polar surface area (TPSA) is 35.0 Å². The van der Waals surface area contributed by atoms with E-state index in [1.807, 2.05) is 18.2 Å². The molecule has 0 aliphatic heterocycles. The summed E-state index contributed by atoms with van der Waals surface area (Å²) in [7, 11) is 1.62. The van der Waals surface area contributed by atoms with Crippen molar-refractivity contribution in [2.75, 3.05) is 7.11 Å². The van der Waals surface area contributed by atoms with E-state index < -0.39 is 0 Å². The molecule has 2 aromatic rings. The highest BCUT2D eigenvalue weighted by Gasteiger charge is 2.27. The first-order valence-corrected chi connectivity index (χ1v) is 8.19. The summed E-state index contributed by atoms with van der Waals surface area (Å²) in [6, 6.07) is 5.87. The van der Waals surface area contributed by atoms with Crippen LogP contribution in [0.3, 0.4) is 0 Å². The van der Waals surface area contributed by atoms with Gasteiger partial charge in [-0.3, -0.25) is 0 Å². The van der Waals surface area contributed by atoms with Gasteiger partial charge in [-0.1, -0.05) is 29.4 Å². The summed E-state index contributed by atoms with van der Waals surface area (Å²) >= 11 is 9.31.